The van der Waals surface area contributed by atoms with E-state index in [0.29, 0.717) is 35.7 Å². The predicted octanol–water partition coefficient (Wildman–Crippen LogP) is 3.71. The van der Waals surface area contributed by atoms with E-state index in [-0.39, 0.29) is 11.9 Å². The molecule has 3 aromatic carbocycles. The third-order valence-corrected chi connectivity index (χ3v) is 6.17. The van der Waals surface area contributed by atoms with E-state index in [0.717, 1.165) is 16.1 Å². The molecule has 0 saturated carbocycles. The summed E-state index contributed by atoms with van der Waals surface area (Å²) in [5.74, 6) is 0.698. The highest BCUT2D eigenvalue weighted by Crippen LogP contribution is 2.26. The monoisotopic (exact) mass is 473 g/mol. The minimum Gasteiger partial charge on any atom is -0.465 e. The maximum absolute atomic E-state index is 12.9. The van der Waals surface area contributed by atoms with Crippen LogP contribution in [-0.2, 0) is 16.9 Å². The van der Waals surface area contributed by atoms with Crippen molar-refractivity contribution < 1.29 is 14.3 Å². The van der Waals surface area contributed by atoms with E-state index in [9.17, 15) is 9.59 Å². The highest BCUT2D eigenvalue weighted by atomic mass is 32.2. The lowest BCUT2D eigenvalue weighted by Crippen LogP contribution is -2.26. The SMILES string of the molecule is COC(=O)c1ccc(CCNC(=O)c2ccccc2SCc2nnnn2-c2ccccc2)cc1. The van der Waals surface area contributed by atoms with Crippen molar-refractivity contribution in [3.05, 3.63) is 101 Å². The molecular formula is C25H23N5O3S. The van der Waals surface area contributed by atoms with Gasteiger partial charge in [0.2, 0.25) is 0 Å². The van der Waals surface area contributed by atoms with E-state index >= 15 is 0 Å². The Morgan fingerprint density at radius 2 is 1.71 bits per heavy atom. The number of thioether (sulfide) groups is 1. The van der Waals surface area contributed by atoms with Crippen molar-refractivity contribution in [1.29, 1.82) is 0 Å². The Bertz CT molecular complexity index is 1260. The third-order valence-electron chi connectivity index (χ3n) is 5.10. The number of benzene rings is 3. The minimum absolute atomic E-state index is 0.142. The maximum atomic E-state index is 12.9. The number of para-hydroxylation sites is 1. The van der Waals surface area contributed by atoms with Crippen LogP contribution in [0.1, 0.15) is 32.1 Å². The number of methoxy groups -OCH3 is 1. The van der Waals surface area contributed by atoms with Crippen LogP contribution in [0.3, 0.4) is 0 Å². The van der Waals surface area contributed by atoms with Gasteiger partial charge in [0.1, 0.15) is 0 Å². The van der Waals surface area contributed by atoms with Gasteiger partial charge in [-0.25, -0.2) is 4.79 Å². The Balaban J connectivity index is 1.36. The molecule has 8 nitrogen and oxygen atoms in total. The fourth-order valence-electron chi connectivity index (χ4n) is 3.33. The first-order valence-electron chi connectivity index (χ1n) is 10.7. The molecule has 1 aromatic heterocycles. The normalized spacial score (nSPS) is 10.6. The van der Waals surface area contributed by atoms with Gasteiger partial charge in [-0.1, -0.05) is 42.5 Å². The lowest BCUT2D eigenvalue weighted by atomic mass is 10.1. The van der Waals surface area contributed by atoms with E-state index in [1.807, 2.05) is 66.7 Å². The van der Waals surface area contributed by atoms with Gasteiger partial charge in [-0.05, 0) is 58.8 Å². The van der Waals surface area contributed by atoms with Gasteiger partial charge in [-0.15, -0.1) is 16.9 Å². The summed E-state index contributed by atoms with van der Waals surface area (Å²) in [6, 6.07) is 24.3. The van der Waals surface area contributed by atoms with Crippen LogP contribution in [0.2, 0.25) is 0 Å². The molecule has 4 aromatic rings. The Morgan fingerprint density at radius 1 is 0.971 bits per heavy atom. The number of hydrogen-bond donors (Lipinski definition) is 1. The Hall–Kier alpha value is -3.98. The van der Waals surface area contributed by atoms with Gasteiger partial charge in [-0.3, -0.25) is 4.79 Å². The molecule has 0 aliphatic heterocycles. The van der Waals surface area contributed by atoms with Crippen LogP contribution in [0, 0.1) is 0 Å². The summed E-state index contributed by atoms with van der Waals surface area (Å²) in [5, 5.41) is 15.0. The number of amides is 1. The lowest BCUT2D eigenvalue weighted by Gasteiger charge is -2.10. The fourth-order valence-corrected chi connectivity index (χ4v) is 4.28. The first kappa shape index (κ1) is 23.2. The van der Waals surface area contributed by atoms with E-state index in [1.165, 1.54) is 18.9 Å². The lowest BCUT2D eigenvalue weighted by molar-refractivity contribution is 0.0600. The second kappa shape index (κ2) is 11.2. The quantitative estimate of drug-likeness (QED) is 0.292. The highest BCUT2D eigenvalue weighted by Gasteiger charge is 2.14. The van der Waals surface area contributed by atoms with E-state index in [1.54, 1.807) is 16.8 Å². The van der Waals surface area contributed by atoms with Crippen molar-refractivity contribution in [2.45, 2.75) is 17.1 Å². The van der Waals surface area contributed by atoms with Crippen LogP contribution in [0.5, 0.6) is 0 Å². The minimum atomic E-state index is -0.369. The topological polar surface area (TPSA) is 99.0 Å². The number of hydrogen-bond acceptors (Lipinski definition) is 7. The number of aromatic nitrogens is 4. The molecule has 0 bridgehead atoms. The molecule has 0 aliphatic carbocycles. The van der Waals surface area contributed by atoms with Crippen LogP contribution in [-0.4, -0.2) is 45.7 Å². The molecule has 0 aliphatic rings. The molecule has 34 heavy (non-hydrogen) atoms. The predicted molar refractivity (Wildman–Crippen MR) is 129 cm³/mol. The molecule has 0 radical (unpaired) electrons. The first-order chi connectivity index (χ1) is 16.7. The zero-order chi connectivity index (χ0) is 23.8. The Morgan fingerprint density at radius 3 is 2.47 bits per heavy atom. The molecule has 0 spiro atoms. The van der Waals surface area contributed by atoms with Gasteiger partial charge in [-0.2, -0.15) is 4.68 Å². The van der Waals surface area contributed by atoms with E-state index < -0.39 is 0 Å². The van der Waals surface area contributed by atoms with Crippen LogP contribution in [0.4, 0.5) is 0 Å². The summed E-state index contributed by atoms with van der Waals surface area (Å²) < 4.78 is 6.41. The molecule has 0 fully saturated rings. The van der Waals surface area contributed by atoms with Gasteiger partial charge in [0.15, 0.2) is 5.82 Å². The summed E-state index contributed by atoms with van der Waals surface area (Å²) in [6.45, 7) is 0.474. The third kappa shape index (κ3) is 5.68. The number of tetrazole rings is 1. The van der Waals surface area contributed by atoms with Crippen LogP contribution < -0.4 is 5.32 Å². The van der Waals surface area contributed by atoms with Crippen LogP contribution in [0.15, 0.2) is 83.8 Å². The molecule has 0 atom stereocenters. The zero-order valence-corrected chi connectivity index (χ0v) is 19.4. The second-order valence-electron chi connectivity index (χ2n) is 7.32. The standard InChI is InChI=1S/C25H23N5O3S/c1-33-25(32)19-13-11-18(12-14-19)15-16-26-24(31)21-9-5-6-10-22(21)34-17-23-27-28-29-30(23)20-7-3-2-4-8-20/h2-14H,15-17H2,1H3,(H,26,31). The first-order valence-corrected chi connectivity index (χ1v) is 11.6. The summed E-state index contributed by atoms with van der Waals surface area (Å²) in [7, 11) is 1.35. The zero-order valence-electron chi connectivity index (χ0n) is 18.5. The van der Waals surface area contributed by atoms with Crippen molar-refractivity contribution in [3.63, 3.8) is 0 Å². The number of carbonyl (C=O) groups excluding carboxylic acids is 2. The molecule has 9 heteroatoms. The van der Waals surface area contributed by atoms with Gasteiger partial charge in [0.25, 0.3) is 5.91 Å². The van der Waals surface area contributed by atoms with Gasteiger partial charge in [0, 0.05) is 11.4 Å². The summed E-state index contributed by atoms with van der Waals surface area (Å²) in [5.41, 5.74) is 3.00. The van der Waals surface area contributed by atoms with Crippen molar-refractivity contribution in [1.82, 2.24) is 25.5 Å². The number of nitrogens with one attached hydrogen (secondary N) is 1. The van der Waals surface area contributed by atoms with Gasteiger partial charge >= 0.3 is 5.97 Å². The van der Waals surface area contributed by atoms with Crippen molar-refractivity contribution >= 4 is 23.6 Å². The van der Waals surface area contributed by atoms with Crippen molar-refractivity contribution in [2.24, 2.45) is 0 Å². The second-order valence-corrected chi connectivity index (χ2v) is 8.34. The summed E-state index contributed by atoms with van der Waals surface area (Å²) in [4.78, 5) is 25.3. The summed E-state index contributed by atoms with van der Waals surface area (Å²) in [6.07, 6.45) is 0.647. The maximum Gasteiger partial charge on any atom is 0.337 e. The molecule has 1 amide bonds. The number of rotatable bonds is 9. The molecule has 4 rings (SSSR count). The summed E-state index contributed by atoms with van der Waals surface area (Å²) >= 11 is 1.51. The Labute approximate surface area is 201 Å². The molecule has 1 heterocycles. The molecular weight excluding hydrogens is 450 g/mol. The average molecular weight is 474 g/mol. The Kier molecular flexibility index (Phi) is 7.67. The molecule has 0 saturated heterocycles. The fraction of sp³-hybridized carbons (Fsp3) is 0.160. The number of esters is 1. The smallest absolute Gasteiger partial charge is 0.337 e. The van der Waals surface area contributed by atoms with E-state index in [2.05, 4.69) is 20.8 Å². The molecule has 0 unspecified atom stereocenters. The average Bonchev–Trinajstić information content (AvgIpc) is 3.37. The molecule has 172 valence electrons. The van der Waals surface area contributed by atoms with Gasteiger partial charge in [0.05, 0.1) is 29.7 Å². The number of ether oxygens (including phenoxy) is 1. The highest BCUT2D eigenvalue weighted by molar-refractivity contribution is 7.98. The van der Waals surface area contributed by atoms with E-state index in [4.69, 9.17) is 4.74 Å². The van der Waals surface area contributed by atoms with Crippen LogP contribution in [0.25, 0.3) is 5.69 Å². The largest absolute Gasteiger partial charge is 0.465 e. The molecule has 1 N–H and O–H groups in total. The van der Waals surface area contributed by atoms with Gasteiger partial charge < -0.3 is 10.1 Å². The van der Waals surface area contributed by atoms with Crippen LogP contribution >= 0.6 is 11.8 Å². The van der Waals surface area contributed by atoms with Crippen molar-refractivity contribution in [2.75, 3.05) is 13.7 Å². The number of nitrogens with zero attached hydrogens (tertiary/aromatic N) is 4. The van der Waals surface area contributed by atoms with Crippen molar-refractivity contribution in [3.8, 4) is 5.69 Å². The number of carbonyl (C=O) groups is 2.